The van der Waals surface area contributed by atoms with Crippen LogP contribution in [0.1, 0.15) is 36.0 Å². The minimum Gasteiger partial charge on any atom is -0.483 e. The molecular formula is C14H15N3O3. The van der Waals surface area contributed by atoms with E-state index in [2.05, 4.69) is 10.1 Å². The molecule has 1 aromatic carbocycles. The van der Waals surface area contributed by atoms with Crippen LogP contribution in [-0.4, -0.2) is 16.0 Å². The highest BCUT2D eigenvalue weighted by molar-refractivity contribution is 5.77. The van der Waals surface area contributed by atoms with Gasteiger partial charge in [0.15, 0.2) is 12.4 Å². The van der Waals surface area contributed by atoms with E-state index < -0.39 is 5.91 Å². The van der Waals surface area contributed by atoms with Gasteiger partial charge in [-0.15, -0.1) is 0 Å². The first-order valence-electron chi connectivity index (χ1n) is 6.54. The Bertz CT molecular complexity index is 620. The zero-order valence-corrected chi connectivity index (χ0v) is 10.9. The van der Waals surface area contributed by atoms with Crippen LogP contribution in [0.2, 0.25) is 0 Å². The molecule has 1 aromatic heterocycles. The van der Waals surface area contributed by atoms with E-state index >= 15 is 0 Å². The Labute approximate surface area is 115 Å². The molecule has 2 aromatic rings. The molecule has 1 aliphatic rings. The number of hydrogen-bond acceptors (Lipinski definition) is 5. The van der Waals surface area contributed by atoms with Crippen molar-refractivity contribution in [1.29, 1.82) is 0 Å². The Balaban J connectivity index is 1.66. The molecule has 6 nitrogen and oxygen atoms in total. The van der Waals surface area contributed by atoms with E-state index in [9.17, 15) is 4.79 Å². The average Bonchev–Trinajstić information content (AvgIpc) is 3.17. The second-order valence-electron chi connectivity index (χ2n) is 4.86. The van der Waals surface area contributed by atoms with Crippen LogP contribution in [0.15, 0.2) is 28.8 Å². The van der Waals surface area contributed by atoms with Gasteiger partial charge in [-0.25, -0.2) is 0 Å². The third kappa shape index (κ3) is 2.96. The largest absolute Gasteiger partial charge is 0.483 e. The number of primary amides is 1. The molecule has 0 atom stereocenters. The summed E-state index contributed by atoms with van der Waals surface area (Å²) in [6.45, 7) is 0.190. The SMILES string of the molecule is NC(=O)Cc1ccccc1OCc1nc(C2CC2)no1. The number of aromatic nitrogens is 2. The normalized spacial score (nSPS) is 14.2. The van der Waals surface area contributed by atoms with Crippen LogP contribution in [0.5, 0.6) is 5.75 Å². The second-order valence-corrected chi connectivity index (χ2v) is 4.86. The summed E-state index contributed by atoms with van der Waals surface area (Å²) in [7, 11) is 0. The number of carbonyl (C=O) groups excluding carboxylic acids is 1. The highest BCUT2D eigenvalue weighted by Crippen LogP contribution is 2.38. The minimum atomic E-state index is -0.394. The number of para-hydroxylation sites is 1. The summed E-state index contributed by atoms with van der Waals surface area (Å²) in [5.41, 5.74) is 5.96. The van der Waals surface area contributed by atoms with Crippen molar-refractivity contribution in [2.75, 3.05) is 0 Å². The summed E-state index contributed by atoms with van der Waals surface area (Å²) in [5, 5.41) is 3.92. The van der Waals surface area contributed by atoms with E-state index in [-0.39, 0.29) is 13.0 Å². The lowest BCUT2D eigenvalue weighted by Gasteiger charge is -2.08. The number of amides is 1. The second kappa shape index (κ2) is 5.32. The molecule has 0 radical (unpaired) electrons. The van der Waals surface area contributed by atoms with Crippen LogP contribution in [0.3, 0.4) is 0 Å². The Kier molecular flexibility index (Phi) is 3.37. The van der Waals surface area contributed by atoms with Gasteiger partial charge in [-0.3, -0.25) is 4.79 Å². The molecule has 1 heterocycles. The molecule has 0 unspecified atom stereocenters. The Morgan fingerprint density at radius 2 is 2.20 bits per heavy atom. The van der Waals surface area contributed by atoms with Crippen LogP contribution < -0.4 is 10.5 Å². The maximum Gasteiger partial charge on any atom is 0.264 e. The van der Waals surface area contributed by atoms with Gasteiger partial charge < -0.3 is 15.0 Å². The van der Waals surface area contributed by atoms with E-state index in [4.69, 9.17) is 15.0 Å². The molecular weight excluding hydrogens is 258 g/mol. The van der Waals surface area contributed by atoms with Gasteiger partial charge in [0.2, 0.25) is 5.91 Å². The Morgan fingerprint density at radius 1 is 1.40 bits per heavy atom. The topological polar surface area (TPSA) is 91.2 Å². The van der Waals surface area contributed by atoms with Crippen LogP contribution in [0.4, 0.5) is 0 Å². The summed E-state index contributed by atoms with van der Waals surface area (Å²) >= 11 is 0. The predicted molar refractivity (Wildman–Crippen MR) is 69.9 cm³/mol. The number of nitrogens with zero attached hydrogens (tertiary/aromatic N) is 2. The number of ether oxygens (including phenoxy) is 1. The first kappa shape index (κ1) is 12.7. The molecule has 1 amide bonds. The molecule has 0 bridgehead atoms. The van der Waals surface area contributed by atoms with E-state index in [1.54, 1.807) is 6.07 Å². The first-order chi connectivity index (χ1) is 9.72. The van der Waals surface area contributed by atoms with Gasteiger partial charge in [0.1, 0.15) is 5.75 Å². The molecule has 1 saturated carbocycles. The fourth-order valence-corrected chi connectivity index (χ4v) is 1.95. The number of hydrogen-bond donors (Lipinski definition) is 1. The van der Waals surface area contributed by atoms with Gasteiger partial charge in [0, 0.05) is 11.5 Å². The quantitative estimate of drug-likeness (QED) is 0.862. The van der Waals surface area contributed by atoms with Crippen LogP contribution in [-0.2, 0) is 17.8 Å². The van der Waals surface area contributed by atoms with Crippen molar-refractivity contribution in [2.45, 2.75) is 31.8 Å². The van der Waals surface area contributed by atoms with Crippen molar-refractivity contribution in [1.82, 2.24) is 10.1 Å². The highest BCUT2D eigenvalue weighted by Gasteiger charge is 2.28. The Morgan fingerprint density at radius 3 is 2.95 bits per heavy atom. The van der Waals surface area contributed by atoms with Crippen LogP contribution in [0, 0.1) is 0 Å². The molecule has 6 heteroatoms. The van der Waals surface area contributed by atoms with Crippen molar-refractivity contribution in [3.05, 3.63) is 41.5 Å². The third-order valence-electron chi connectivity index (χ3n) is 3.11. The minimum absolute atomic E-state index is 0.146. The maximum absolute atomic E-state index is 11.0. The van der Waals surface area contributed by atoms with Crippen molar-refractivity contribution in [3.63, 3.8) is 0 Å². The van der Waals surface area contributed by atoms with Gasteiger partial charge in [0.25, 0.3) is 5.89 Å². The van der Waals surface area contributed by atoms with Gasteiger partial charge in [-0.05, 0) is 18.9 Å². The van der Waals surface area contributed by atoms with E-state index in [0.29, 0.717) is 17.6 Å². The lowest BCUT2D eigenvalue weighted by atomic mass is 10.1. The molecule has 0 spiro atoms. The summed E-state index contributed by atoms with van der Waals surface area (Å²) in [6.07, 6.45) is 2.40. The highest BCUT2D eigenvalue weighted by atomic mass is 16.5. The summed E-state index contributed by atoms with van der Waals surface area (Å²) in [6, 6.07) is 7.27. The fraction of sp³-hybridized carbons (Fsp3) is 0.357. The molecule has 20 heavy (non-hydrogen) atoms. The fourth-order valence-electron chi connectivity index (χ4n) is 1.95. The lowest BCUT2D eigenvalue weighted by molar-refractivity contribution is -0.117. The number of rotatable bonds is 6. The van der Waals surface area contributed by atoms with Crippen molar-refractivity contribution in [3.8, 4) is 5.75 Å². The van der Waals surface area contributed by atoms with Gasteiger partial charge in [0.05, 0.1) is 6.42 Å². The van der Waals surface area contributed by atoms with Crippen molar-refractivity contribution >= 4 is 5.91 Å². The molecule has 104 valence electrons. The molecule has 3 rings (SSSR count). The summed E-state index contributed by atoms with van der Waals surface area (Å²) < 4.78 is 10.8. The van der Waals surface area contributed by atoms with Crippen LogP contribution >= 0.6 is 0 Å². The molecule has 2 N–H and O–H groups in total. The molecule has 0 saturated heterocycles. The number of carbonyl (C=O) groups is 1. The average molecular weight is 273 g/mol. The Hall–Kier alpha value is -2.37. The standard InChI is InChI=1S/C14H15N3O3/c15-12(18)7-10-3-1-2-4-11(10)19-8-13-16-14(17-20-13)9-5-6-9/h1-4,9H,5-8H2,(H2,15,18). The number of nitrogens with two attached hydrogens (primary N) is 1. The van der Waals surface area contributed by atoms with Gasteiger partial charge in [-0.2, -0.15) is 4.98 Å². The summed E-state index contributed by atoms with van der Waals surface area (Å²) in [5.74, 6) is 1.87. The lowest BCUT2D eigenvalue weighted by Crippen LogP contribution is -2.14. The molecule has 1 aliphatic carbocycles. The molecule has 0 aliphatic heterocycles. The first-order valence-corrected chi connectivity index (χ1v) is 6.54. The van der Waals surface area contributed by atoms with Gasteiger partial charge >= 0.3 is 0 Å². The van der Waals surface area contributed by atoms with E-state index in [1.807, 2.05) is 18.2 Å². The van der Waals surface area contributed by atoms with Crippen molar-refractivity contribution < 1.29 is 14.1 Å². The third-order valence-corrected chi connectivity index (χ3v) is 3.11. The monoisotopic (exact) mass is 273 g/mol. The van der Waals surface area contributed by atoms with Crippen LogP contribution in [0.25, 0.3) is 0 Å². The zero-order chi connectivity index (χ0) is 13.9. The number of benzene rings is 1. The smallest absolute Gasteiger partial charge is 0.264 e. The van der Waals surface area contributed by atoms with Crippen molar-refractivity contribution in [2.24, 2.45) is 5.73 Å². The van der Waals surface area contributed by atoms with E-state index in [1.165, 1.54) is 0 Å². The predicted octanol–water partition coefficient (Wildman–Crippen LogP) is 1.55. The maximum atomic E-state index is 11.0. The summed E-state index contributed by atoms with van der Waals surface area (Å²) in [4.78, 5) is 15.3. The molecule has 1 fully saturated rings. The zero-order valence-electron chi connectivity index (χ0n) is 10.9. The van der Waals surface area contributed by atoms with E-state index in [0.717, 1.165) is 24.2 Å². The van der Waals surface area contributed by atoms with Gasteiger partial charge in [-0.1, -0.05) is 23.4 Å².